The van der Waals surface area contributed by atoms with Gasteiger partial charge in [0.1, 0.15) is 0 Å². The van der Waals surface area contributed by atoms with Gasteiger partial charge < -0.3 is 10.2 Å². The Hall–Kier alpha value is -2.62. The number of hydrogen-bond donors (Lipinski definition) is 1. The molecule has 1 atom stereocenters. The van der Waals surface area contributed by atoms with Crippen LogP contribution in [0, 0.1) is 13.8 Å². The molecule has 2 aromatic rings. The van der Waals surface area contributed by atoms with Crippen LogP contribution in [-0.2, 0) is 9.63 Å². The van der Waals surface area contributed by atoms with Gasteiger partial charge in [0, 0.05) is 5.69 Å². The highest BCUT2D eigenvalue weighted by molar-refractivity contribution is 5.94. The third-order valence-electron chi connectivity index (χ3n) is 3.25. The van der Waals surface area contributed by atoms with Crippen LogP contribution in [0.5, 0.6) is 0 Å². The molecule has 0 aliphatic heterocycles. The van der Waals surface area contributed by atoms with Crippen LogP contribution >= 0.6 is 0 Å². The van der Waals surface area contributed by atoms with Gasteiger partial charge in [-0.25, -0.2) is 0 Å². The molecule has 0 aliphatic rings. The number of anilines is 1. The van der Waals surface area contributed by atoms with Crippen LogP contribution in [0.1, 0.15) is 23.6 Å². The molecule has 1 N–H and O–H groups in total. The third-order valence-corrected chi connectivity index (χ3v) is 3.25. The first-order valence-electron chi connectivity index (χ1n) is 7.18. The second kappa shape index (κ2) is 7.41. The number of rotatable bonds is 5. The van der Waals surface area contributed by atoms with E-state index in [1.54, 1.807) is 13.1 Å². The predicted octanol–water partition coefficient (Wildman–Crippen LogP) is 3.68. The fourth-order valence-electron chi connectivity index (χ4n) is 1.92. The number of nitrogens with zero attached hydrogens (tertiary/aromatic N) is 1. The average molecular weight is 296 g/mol. The van der Waals surface area contributed by atoms with Crippen LogP contribution in [0.15, 0.2) is 53.7 Å². The molecule has 0 aromatic heterocycles. The van der Waals surface area contributed by atoms with Crippen molar-refractivity contribution in [1.82, 2.24) is 0 Å². The van der Waals surface area contributed by atoms with Gasteiger partial charge in [-0.15, -0.1) is 0 Å². The number of benzene rings is 2. The van der Waals surface area contributed by atoms with E-state index in [2.05, 4.69) is 10.5 Å². The molecule has 0 bridgehead atoms. The molecule has 0 saturated carbocycles. The van der Waals surface area contributed by atoms with Crippen LogP contribution in [0.3, 0.4) is 0 Å². The summed E-state index contributed by atoms with van der Waals surface area (Å²) in [6.45, 7) is 5.64. The molecule has 4 heteroatoms. The van der Waals surface area contributed by atoms with Crippen molar-refractivity contribution in [3.05, 3.63) is 65.2 Å². The second-order valence-electron chi connectivity index (χ2n) is 5.20. The van der Waals surface area contributed by atoms with Crippen molar-refractivity contribution in [2.75, 3.05) is 5.32 Å². The lowest BCUT2D eigenvalue weighted by molar-refractivity contribution is -0.126. The fourth-order valence-corrected chi connectivity index (χ4v) is 1.92. The molecule has 0 heterocycles. The molecule has 0 saturated heterocycles. The Balaban J connectivity index is 1.90. The molecule has 0 radical (unpaired) electrons. The molecule has 0 unspecified atom stereocenters. The number of carbonyl (C=O) groups is 1. The molecule has 4 nitrogen and oxygen atoms in total. The van der Waals surface area contributed by atoms with E-state index in [4.69, 9.17) is 4.84 Å². The lowest BCUT2D eigenvalue weighted by Crippen LogP contribution is -2.26. The largest absolute Gasteiger partial charge is 0.383 e. The maximum absolute atomic E-state index is 12.0. The summed E-state index contributed by atoms with van der Waals surface area (Å²) >= 11 is 0. The zero-order valence-corrected chi connectivity index (χ0v) is 13.0. The molecule has 22 heavy (non-hydrogen) atoms. The Morgan fingerprint density at radius 1 is 1.18 bits per heavy atom. The van der Waals surface area contributed by atoms with Crippen molar-refractivity contribution < 1.29 is 9.63 Å². The fraction of sp³-hybridized carbons (Fsp3) is 0.222. The van der Waals surface area contributed by atoms with E-state index in [1.807, 2.05) is 62.4 Å². The van der Waals surface area contributed by atoms with Crippen LogP contribution in [0.25, 0.3) is 0 Å². The van der Waals surface area contributed by atoms with Gasteiger partial charge in [0.05, 0.1) is 6.21 Å². The number of amides is 1. The summed E-state index contributed by atoms with van der Waals surface area (Å²) in [5.74, 6) is -0.229. The average Bonchev–Trinajstić information content (AvgIpc) is 2.49. The molecule has 2 rings (SSSR count). The van der Waals surface area contributed by atoms with Crippen molar-refractivity contribution in [3.63, 3.8) is 0 Å². The Bertz CT molecular complexity index is 680. The number of nitrogens with one attached hydrogen (secondary N) is 1. The monoisotopic (exact) mass is 296 g/mol. The first kappa shape index (κ1) is 15.8. The minimum atomic E-state index is -0.666. The Morgan fingerprint density at radius 2 is 1.95 bits per heavy atom. The van der Waals surface area contributed by atoms with E-state index >= 15 is 0 Å². The first-order chi connectivity index (χ1) is 10.6. The molecule has 1 amide bonds. The van der Waals surface area contributed by atoms with Gasteiger partial charge in [0.15, 0.2) is 0 Å². The Morgan fingerprint density at radius 3 is 2.68 bits per heavy atom. The van der Waals surface area contributed by atoms with Gasteiger partial charge in [-0.3, -0.25) is 4.79 Å². The third kappa shape index (κ3) is 4.45. The summed E-state index contributed by atoms with van der Waals surface area (Å²) in [5, 5.41) is 6.70. The summed E-state index contributed by atoms with van der Waals surface area (Å²) in [5.41, 5.74) is 3.91. The van der Waals surface area contributed by atoms with Gasteiger partial charge in [-0.2, -0.15) is 0 Å². The lowest BCUT2D eigenvalue weighted by atomic mass is 10.1. The van der Waals surface area contributed by atoms with Crippen molar-refractivity contribution >= 4 is 17.8 Å². The topological polar surface area (TPSA) is 50.7 Å². The van der Waals surface area contributed by atoms with Gasteiger partial charge in [0.25, 0.3) is 5.91 Å². The lowest BCUT2D eigenvalue weighted by Gasteiger charge is -2.11. The first-order valence-corrected chi connectivity index (χ1v) is 7.18. The number of carbonyl (C=O) groups excluding carboxylic acids is 1. The minimum Gasteiger partial charge on any atom is -0.383 e. The highest BCUT2D eigenvalue weighted by atomic mass is 16.6. The van der Waals surface area contributed by atoms with E-state index in [0.29, 0.717) is 0 Å². The van der Waals surface area contributed by atoms with Crippen molar-refractivity contribution in [2.24, 2.45) is 5.16 Å². The minimum absolute atomic E-state index is 0.229. The standard InChI is InChI=1S/C18H20N2O2/c1-13-7-6-10-17(11-13)20-18(21)15(3)22-19-12-16-9-5-4-8-14(16)2/h4-12,15H,1-3H3,(H,20,21)/b19-12-/t15-/m0/s1. The van der Waals surface area contributed by atoms with Crippen LogP contribution in [-0.4, -0.2) is 18.2 Å². The van der Waals surface area contributed by atoms with E-state index in [1.165, 1.54) is 0 Å². The highest BCUT2D eigenvalue weighted by Gasteiger charge is 2.14. The smallest absolute Gasteiger partial charge is 0.267 e. The number of hydrogen-bond acceptors (Lipinski definition) is 3. The molecule has 0 aliphatic carbocycles. The SMILES string of the molecule is Cc1cccc(NC(=O)[C@H](C)O/N=C\c2ccccc2C)c1. The van der Waals surface area contributed by atoms with Gasteiger partial charge >= 0.3 is 0 Å². The summed E-state index contributed by atoms with van der Waals surface area (Å²) < 4.78 is 0. The molecule has 0 fully saturated rings. The Kier molecular flexibility index (Phi) is 5.31. The maximum Gasteiger partial charge on any atom is 0.267 e. The second-order valence-corrected chi connectivity index (χ2v) is 5.20. The highest BCUT2D eigenvalue weighted by Crippen LogP contribution is 2.10. The molecule has 0 spiro atoms. The molecule has 2 aromatic carbocycles. The van der Waals surface area contributed by atoms with Crippen LogP contribution < -0.4 is 5.32 Å². The summed E-state index contributed by atoms with van der Waals surface area (Å²) in [6.07, 6.45) is 0.951. The molecular formula is C18H20N2O2. The van der Waals surface area contributed by atoms with Crippen molar-refractivity contribution in [3.8, 4) is 0 Å². The predicted molar refractivity (Wildman–Crippen MR) is 89.1 cm³/mol. The zero-order chi connectivity index (χ0) is 15.9. The van der Waals surface area contributed by atoms with E-state index in [-0.39, 0.29) is 5.91 Å². The molecular weight excluding hydrogens is 276 g/mol. The quantitative estimate of drug-likeness (QED) is 0.676. The summed E-state index contributed by atoms with van der Waals surface area (Å²) in [6, 6.07) is 15.5. The van der Waals surface area contributed by atoms with Gasteiger partial charge in [-0.1, -0.05) is 41.6 Å². The van der Waals surface area contributed by atoms with E-state index in [9.17, 15) is 4.79 Å². The summed E-state index contributed by atoms with van der Waals surface area (Å²) in [4.78, 5) is 17.2. The van der Waals surface area contributed by atoms with Crippen molar-refractivity contribution in [2.45, 2.75) is 26.9 Å². The van der Waals surface area contributed by atoms with E-state index in [0.717, 1.165) is 22.4 Å². The van der Waals surface area contributed by atoms with E-state index < -0.39 is 6.10 Å². The van der Waals surface area contributed by atoms with Crippen molar-refractivity contribution in [1.29, 1.82) is 0 Å². The number of aryl methyl sites for hydroxylation is 2. The maximum atomic E-state index is 12.0. The van der Waals surface area contributed by atoms with Crippen LogP contribution in [0.2, 0.25) is 0 Å². The molecule has 114 valence electrons. The normalized spacial score (nSPS) is 12.1. The Labute approximate surface area is 130 Å². The van der Waals surface area contributed by atoms with Gasteiger partial charge in [-0.05, 0) is 49.6 Å². The zero-order valence-electron chi connectivity index (χ0n) is 13.0. The number of oxime groups is 1. The van der Waals surface area contributed by atoms with Crippen LogP contribution in [0.4, 0.5) is 5.69 Å². The van der Waals surface area contributed by atoms with Gasteiger partial charge in [0.2, 0.25) is 6.10 Å². The summed E-state index contributed by atoms with van der Waals surface area (Å²) in [7, 11) is 0.